The normalized spacial score (nSPS) is 9.64. The van der Waals surface area contributed by atoms with Gasteiger partial charge >= 0.3 is 0 Å². The summed E-state index contributed by atoms with van der Waals surface area (Å²) in [5.41, 5.74) is 2.54. The third kappa shape index (κ3) is 3.65. The van der Waals surface area contributed by atoms with E-state index in [9.17, 15) is 0 Å². The number of hydrogen-bond acceptors (Lipinski definition) is 1. The number of hydrogen-bond donors (Lipinski definition) is 0. The zero-order valence-electron chi connectivity index (χ0n) is 9.21. The highest BCUT2D eigenvalue weighted by atomic mass is 16.5. The van der Waals surface area contributed by atoms with Crippen LogP contribution in [0.3, 0.4) is 0 Å². The first-order chi connectivity index (χ1) is 6.70. The molecule has 0 amide bonds. The first-order valence-corrected chi connectivity index (χ1v) is 5.02. The van der Waals surface area contributed by atoms with Crippen molar-refractivity contribution in [2.45, 2.75) is 27.2 Å². The molecule has 1 rings (SSSR count). The van der Waals surface area contributed by atoms with Crippen molar-refractivity contribution < 1.29 is 4.74 Å². The molecule has 14 heavy (non-hydrogen) atoms. The molecule has 0 N–H and O–H groups in total. The van der Waals surface area contributed by atoms with Gasteiger partial charge < -0.3 is 4.74 Å². The summed E-state index contributed by atoms with van der Waals surface area (Å²) in [6.45, 7) is 7.04. The third-order valence-corrected chi connectivity index (χ3v) is 2.02. The maximum absolute atomic E-state index is 5.64. The van der Waals surface area contributed by atoms with E-state index in [0.717, 1.165) is 18.8 Å². The second-order valence-corrected chi connectivity index (χ2v) is 3.68. The van der Waals surface area contributed by atoms with Crippen LogP contribution >= 0.6 is 0 Å². The lowest BCUT2D eigenvalue weighted by Gasteiger charge is -2.07. The molecule has 0 saturated heterocycles. The summed E-state index contributed by atoms with van der Waals surface area (Å²) in [5, 5.41) is 0. The van der Waals surface area contributed by atoms with Crippen molar-refractivity contribution in [3.05, 3.63) is 41.5 Å². The monoisotopic (exact) mass is 190 g/mol. The van der Waals surface area contributed by atoms with E-state index in [1.807, 2.05) is 18.2 Å². The lowest BCUT2D eigenvalue weighted by Crippen LogP contribution is -1.97. The molecule has 0 aliphatic heterocycles. The molecule has 0 aliphatic carbocycles. The molecule has 1 heteroatoms. The Morgan fingerprint density at radius 3 is 2.64 bits per heavy atom. The minimum Gasteiger partial charge on any atom is -0.493 e. The van der Waals surface area contributed by atoms with Gasteiger partial charge in [-0.15, -0.1) is 0 Å². The third-order valence-electron chi connectivity index (χ3n) is 2.02. The van der Waals surface area contributed by atoms with Crippen LogP contribution in [0.25, 0.3) is 0 Å². The maximum atomic E-state index is 5.64. The molecule has 0 atom stereocenters. The molecule has 1 nitrogen and oxygen atoms in total. The van der Waals surface area contributed by atoms with E-state index in [0.29, 0.717) is 0 Å². The van der Waals surface area contributed by atoms with Gasteiger partial charge in [-0.25, -0.2) is 0 Å². The van der Waals surface area contributed by atoms with Crippen LogP contribution < -0.4 is 4.74 Å². The zero-order valence-corrected chi connectivity index (χ0v) is 9.21. The first-order valence-electron chi connectivity index (χ1n) is 5.02. The van der Waals surface area contributed by atoms with Gasteiger partial charge in [0.1, 0.15) is 5.75 Å². The summed E-state index contributed by atoms with van der Waals surface area (Å²) in [6, 6.07) is 8.11. The van der Waals surface area contributed by atoms with Crippen molar-refractivity contribution >= 4 is 0 Å². The topological polar surface area (TPSA) is 9.23 Å². The van der Waals surface area contributed by atoms with Crippen molar-refractivity contribution in [3.8, 4) is 5.75 Å². The highest BCUT2D eigenvalue weighted by Crippen LogP contribution is 2.16. The van der Waals surface area contributed by atoms with E-state index in [2.05, 4.69) is 32.9 Å². The quantitative estimate of drug-likeness (QED) is 0.519. The molecule has 0 unspecified atom stereocenters. The van der Waals surface area contributed by atoms with Crippen LogP contribution in [0.1, 0.15) is 25.8 Å². The van der Waals surface area contributed by atoms with Crippen molar-refractivity contribution in [2.75, 3.05) is 6.61 Å². The predicted octanol–water partition coefficient (Wildman–Crippen LogP) is 3.73. The molecule has 0 fully saturated rings. The number of para-hydroxylation sites is 1. The highest BCUT2D eigenvalue weighted by Gasteiger charge is 1.95. The van der Waals surface area contributed by atoms with Gasteiger partial charge in [-0.05, 0) is 38.8 Å². The molecule has 0 saturated carbocycles. The summed E-state index contributed by atoms with van der Waals surface area (Å²) in [6.07, 6.45) is 3.18. The fraction of sp³-hybridized carbons (Fsp3) is 0.385. The van der Waals surface area contributed by atoms with Gasteiger partial charge in [-0.1, -0.05) is 29.8 Å². The van der Waals surface area contributed by atoms with E-state index < -0.39 is 0 Å². The van der Waals surface area contributed by atoms with Crippen LogP contribution in [0.4, 0.5) is 0 Å². The number of aryl methyl sites for hydroxylation is 1. The van der Waals surface area contributed by atoms with E-state index in [1.165, 1.54) is 11.1 Å². The number of allylic oxidation sites excluding steroid dienone is 1. The minimum absolute atomic E-state index is 0.760. The fourth-order valence-electron chi connectivity index (χ4n) is 1.23. The van der Waals surface area contributed by atoms with Gasteiger partial charge in [-0.3, -0.25) is 0 Å². The Morgan fingerprint density at radius 1 is 1.29 bits per heavy atom. The number of benzene rings is 1. The van der Waals surface area contributed by atoms with Crippen molar-refractivity contribution in [3.63, 3.8) is 0 Å². The largest absolute Gasteiger partial charge is 0.493 e. The van der Waals surface area contributed by atoms with Gasteiger partial charge in [0.2, 0.25) is 0 Å². The highest BCUT2D eigenvalue weighted by molar-refractivity contribution is 5.31. The average Bonchev–Trinajstić information content (AvgIpc) is 2.15. The maximum Gasteiger partial charge on any atom is 0.122 e. The van der Waals surface area contributed by atoms with Crippen LogP contribution in [-0.2, 0) is 0 Å². The molecular weight excluding hydrogens is 172 g/mol. The van der Waals surface area contributed by atoms with Crippen LogP contribution in [0.15, 0.2) is 35.9 Å². The van der Waals surface area contributed by atoms with Gasteiger partial charge in [0.05, 0.1) is 6.61 Å². The van der Waals surface area contributed by atoms with Gasteiger partial charge in [0.15, 0.2) is 0 Å². The number of ether oxygens (including phenoxy) is 1. The van der Waals surface area contributed by atoms with Crippen molar-refractivity contribution in [2.24, 2.45) is 0 Å². The Kier molecular flexibility index (Phi) is 4.24. The molecule has 0 aliphatic rings. The summed E-state index contributed by atoms with van der Waals surface area (Å²) >= 11 is 0. The van der Waals surface area contributed by atoms with E-state index in [1.54, 1.807) is 0 Å². The smallest absolute Gasteiger partial charge is 0.122 e. The molecule has 0 aromatic heterocycles. The SMILES string of the molecule is CC(C)=CCCOc1ccccc1C. The molecule has 0 heterocycles. The second-order valence-electron chi connectivity index (χ2n) is 3.68. The average molecular weight is 190 g/mol. The Labute approximate surface area is 86.4 Å². The molecule has 0 spiro atoms. The molecule has 76 valence electrons. The fourth-order valence-corrected chi connectivity index (χ4v) is 1.23. The lowest BCUT2D eigenvalue weighted by molar-refractivity contribution is 0.322. The van der Waals surface area contributed by atoms with Crippen molar-refractivity contribution in [1.29, 1.82) is 0 Å². The summed E-state index contributed by atoms with van der Waals surface area (Å²) in [5.74, 6) is 0.995. The molecule has 1 aromatic rings. The van der Waals surface area contributed by atoms with Crippen molar-refractivity contribution in [1.82, 2.24) is 0 Å². The molecule has 1 aromatic carbocycles. The number of rotatable bonds is 4. The summed E-state index contributed by atoms with van der Waals surface area (Å²) in [4.78, 5) is 0. The zero-order chi connectivity index (χ0) is 10.4. The van der Waals surface area contributed by atoms with E-state index in [-0.39, 0.29) is 0 Å². The van der Waals surface area contributed by atoms with Crippen LogP contribution in [-0.4, -0.2) is 6.61 Å². The standard InChI is InChI=1S/C13H18O/c1-11(2)7-6-10-14-13-9-5-4-8-12(13)3/h4-5,7-9H,6,10H2,1-3H3. The summed E-state index contributed by atoms with van der Waals surface area (Å²) in [7, 11) is 0. The predicted molar refractivity (Wildman–Crippen MR) is 60.7 cm³/mol. The Morgan fingerprint density at radius 2 is 2.00 bits per heavy atom. The van der Waals surface area contributed by atoms with Gasteiger partial charge in [0, 0.05) is 0 Å². The second kappa shape index (κ2) is 5.48. The Balaban J connectivity index is 2.39. The molecule has 0 bridgehead atoms. The molecular formula is C13H18O. The van der Waals surface area contributed by atoms with Crippen LogP contribution in [0.5, 0.6) is 5.75 Å². The first kappa shape index (κ1) is 10.8. The molecule has 0 radical (unpaired) electrons. The van der Waals surface area contributed by atoms with E-state index >= 15 is 0 Å². The Hall–Kier alpha value is -1.24. The summed E-state index contributed by atoms with van der Waals surface area (Å²) < 4.78 is 5.64. The van der Waals surface area contributed by atoms with Gasteiger partial charge in [-0.2, -0.15) is 0 Å². The van der Waals surface area contributed by atoms with Crippen LogP contribution in [0.2, 0.25) is 0 Å². The van der Waals surface area contributed by atoms with Gasteiger partial charge in [0.25, 0.3) is 0 Å². The van der Waals surface area contributed by atoms with E-state index in [4.69, 9.17) is 4.74 Å². The lowest BCUT2D eigenvalue weighted by atomic mass is 10.2. The van der Waals surface area contributed by atoms with Crippen LogP contribution in [0, 0.1) is 6.92 Å². The minimum atomic E-state index is 0.760. The Bertz CT molecular complexity index is 309.